The van der Waals surface area contributed by atoms with Crippen LogP contribution in [0.4, 0.5) is 5.69 Å². The maximum atomic E-state index is 6.57. The fourth-order valence-corrected chi connectivity index (χ4v) is 4.90. The minimum absolute atomic E-state index is 0.123. The monoisotopic (exact) mass is 405 g/mol. The summed E-state index contributed by atoms with van der Waals surface area (Å²) in [5, 5.41) is 5.97. The highest BCUT2D eigenvalue weighted by Gasteiger charge is 2.50. The van der Waals surface area contributed by atoms with Crippen LogP contribution in [0.3, 0.4) is 0 Å². The van der Waals surface area contributed by atoms with Crippen molar-refractivity contribution < 1.29 is 18.9 Å². The highest BCUT2D eigenvalue weighted by Crippen LogP contribution is 2.64. The normalized spacial score (nSPS) is 18.9. The van der Waals surface area contributed by atoms with Gasteiger partial charge in [-0.1, -0.05) is 24.3 Å². The lowest BCUT2D eigenvalue weighted by molar-refractivity contribution is 0.0836. The van der Waals surface area contributed by atoms with Crippen LogP contribution >= 0.6 is 0 Å². The third-order valence-electron chi connectivity index (χ3n) is 5.92. The van der Waals surface area contributed by atoms with Gasteiger partial charge in [-0.25, -0.2) is 0 Å². The average Bonchev–Trinajstić information content (AvgIpc) is 3.30. The van der Waals surface area contributed by atoms with Crippen molar-refractivity contribution in [1.82, 2.24) is 0 Å². The number of anilines is 1. The van der Waals surface area contributed by atoms with Crippen molar-refractivity contribution in [3.63, 3.8) is 0 Å². The summed E-state index contributed by atoms with van der Waals surface area (Å²) in [6, 6.07) is 12.3. The Morgan fingerprint density at radius 3 is 1.83 bits per heavy atom. The van der Waals surface area contributed by atoms with E-state index in [4.69, 9.17) is 18.9 Å². The van der Waals surface area contributed by atoms with E-state index in [0.717, 1.165) is 50.6 Å². The first-order chi connectivity index (χ1) is 14.4. The highest BCUT2D eigenvalue weighted by molar-refractivity contribution is 6.02. The van der Waals surface area contributed by atoms with Crippen LogP contribution < -0.4 is 19.5 Å². The molecule has 3 aromatic carbocycles. The molecule has 30 heavy (non-hydrogen) atoms. The maximum Gasteiger partial charge on any atom is 0.149 e. The Balaban J connectivity index is 1.86. The van der Waals surface area contributed by atoms with Crippen molar-refractivity contribution in [2.45, 2.75) is 38.5 Å². The van der Waals surface area contributed by atoms with Crippen molar-refractivity contribution >= 4 is 16.5 Å². The van der Waals surface area contributed by atoms with Gasteiger partial charge in [0.15, 0.2) is 0 Å². The van der Waals surface area contributed by atoms with Crippen molar-refractivity contribution in [2.75, 3.05) is 26.6 Å². The van der Waals surface area contributed by atoms with Gasteiger partial charge in [0.1, 0.15) is 29.5 Å². The highest BCUT2D eigenvalue weighted by atomic mass is 16.5. The first-order valence-corrected chi connectivity index (χ1v) is 10.2. The second kappa shape index (κ2) is 6.54. The van der Waals surface area contributed by atoms with Gasteiger partial charge in [-0.2, -0.15) is 0 Å². The molecule has 1 N–H and O–H groups in total. The molecule has 5 heteroatoms. The standard InChI is InChI=1S/C25H27NO4/c1-25(2,3)26-21-14-10-8-7-9-13(14)17-20(24(21)29-6)23-19-16(28-5)12-11-15(27-4)18(19)22(17)30-23/h7-12,22-23,26H,1-6H3. The summed E-state index contributed by atoms with van der Waals surface area (Å²) in [6.07, 6.45) is -0.474. The minimum Gasteiger partial charge on any atom is -0.496 e. The summed E-state index contributed by atoms with van der Waals surface area (Å²) in [7, 11) is 5.12. The van der Waals surface area contributed by atoms with Gasteiger partial charge in [0.25, 0.3) is 0 Å². The van der Waals surface area contributed by atoms with E-state index in [1.165, 1.54) is 5.39 Å². The quantitative estimate of drug-likeness (QED) is 0.612. The van der Waals surface area contributed by atoms with E-state index in [9.17, 15) is 0 Å². The predicted molar refractivity (Wildman–Crippen MR) is 118 cm³/mol. The molecule has 0 radical (unpaired) electrons. The number of hydrogen-bond acceptors (Lipinski definition) is 5. The molecule has 156 valence electrons. The molecule has 2 heterocycles. The molecule has 0 fully saturated rings. The lowest BCUT2D eigenvalue weighted by Gasteiger charge is -2.29. The number of benzene rings is 3. The van der Waals surface area contributed by atoms with Gasteiger partial charge in [-0.15, -0.1) is 0 Å². The molecule has 2 unspecified atom stereocenters. The van der Waals surface area contributed by atoms with Crippen LogP contribution in [-0.4, -0.2) is 26.9 Å². The molecule has 2 bridgehead atoms. The molecule has 3 aromatic rings. The summed E-state index contributed by atoms with van der Waals surface area (Å²) < 4.78 is 24.0. The predicted octanol–water partition coefficient (Wildman–Crippen LogP) is 5.60. The third kappa shape index (κ3) is 2.51. The van der Waals surface area contributed by atoms with E-state index in [-0.39, 0.29) is 17.7 Å². The molecular weight excluding hydrogens is 378 g/mol. The molecule has 0 aliphatic carbocycles. The van der Waals surface area contributed by atoms with Gasteiger partial charge in [0, 0.05) is 33.2 Å². The Hall–Kier alpha value is -2.92. The second-order valence-corrected chi connectivity index (χ2v) is 8.85. The van der Waals surface area contributed by atoms with Crippen molar-refractivity contribution in [3.8, 4) is 17.2 Å². The Kier molecular flexibility index (Phi) is 4.16. The van der Waals surface area contributed by atoms with Crippen LogP contribution in [-0.2, 0) is 4.74 Å². The average molecular weight is 405 g/mol. The van der Waals surface area contributed by atoms with Crippen LogP contribution in [0.1, 0.15) is 55.2 Å². The molecule has 5 nitrogen and oxygen atoms in total. The van der Waals surface area contributed by atoms with Gasteiger partial charge in [-0.05, 0) is 38.3 Å². The number of fused-ring (bicyclic) bond motifs is 10. The molecule has 2 aliphatic rings. The Morgan fingerprint density at radius 1 is 0.733 bits per heavy atom. The van der Waals surface area contributed by atoms with Crippen LogP contribution in [0, 0.1) is 0 Å². The molecular formula is C25H27NO4. The fourth-order valence-electron chi connectivity index (χ4n) is 4.90. The van der Waals surface area contributed by atoms with Crippen molar-refractivity contribution in [3.05, 3.63) is 58.7 Å². The van der Waals surface area contributed by atoms with Crippen LogP contribution in [0.5, 0.6) is 17.2 Å². The lowest BCUT2D eigenvalue weighted by Crippen LogP contribution is -2.27. The Morgan fingerprint density at radius 2 is 1.30 bits per heavy atom. The lowest BCUT2D eigenvalue weighted by atomic mass is 9.81. The van der Waals surface area contributed by atoms with E-state index < -0.39 is 0 Å². The molecule has 0 amide bonds. The first kappa shape index (κ1) is 19.1. The summed E-state index contributed by atoms with van der Waals surface area (Å²) in [5.41, 5.74) is 5.20. The van der Waals surface area contributed by atoms with Crippen molar-refractivity contribution in [2.24, 2.45) is 0 Å². The van der Waals surface area contributed by atoms with Gasteiger partial charge in [-0.3, -0.25) is 0 Å². The van der Waals surface area contributed by atoms with Gasteiger partial charge in [0.2, 0.25) is 0 Å². The minimum atomic E-state index is -0.259. The third-order valence-corrected chi connectivity index (χ3v) is 5.92. The topological polar surface area (TPSA) is 49.0 Å². The molecule has 0 aromatic heterocycles. The number of methoxy groups -OCH3 is 3. The van der Waals surface area contributed by atoms with Crippen molar-refractivity contribution in [1.29, 1.82) is 0 Å². The molecule has 0 saturated carbocycles. The molecule has 2 aliphatic heterocycles. The van der Waals surface area contributed by atoms with Gasteiger partial charge < -0.3 is 24.3 Å². The van der Waals surface area contributed by atoms with Gasteiger partial charge in [0.05, 0.1) is 27.0 Å². The van der Waals surface area contributed by atoms with E-state index in [2.05, 4.69) is 50.4 Å². The number of hydrogen-bond donors (Lipinski definition) is 1. The Bertz CT molecular complexity index is 1160. The van der Waals surface area contributed by atoms with Crippen LogP contribution in [0.15, 0.2) is 36.4 Å². The number of ether oxygens (including phenoxy) is 4. The van der Waals surface area contributed by atoms with E-state index in [1.54, 1.807) is 21.3 Å². The Labute approximate surface area is 176 Å². The molecule has 2 atom stereocenters. The van der Waals surface area contributed by atoms with E-state index >= 15 is 0 Å². The summed E-state index contributed by atoms with van der Waals surface area (Å²) in [6.45, 7) is 6.46. The van der Waals surface area contributed by atoms with Crippen LogP contribution in [0.2, 0.25) is 0 Å². The summed E-state index contributed by atoms with van der Waals surface area (Å²) in [5.74, 6) is 2.47. The maximum absolute atomic E-state index is 6.57. The molecule has 0 spiro atoms. The van der Waals surface area contributed by atoms with E-state index in [0.29, 0.717) is 0 Å². The molecule has 0 saturated heterocycles. The van der Waals surface area contributed by atoms with E-state index in [1.807, 2.05) is 12.1 Å². The zero-order chi connectivity index (χ0) is 21.2. The van der Waals surface area contributed by atoms with Gasteiger partial charge >= 0.3 is 0 Å². The fraction of sp³-hybridized carbons (Fsp3) is 0.360. The summed E-state index contributed by atoms with van der Waals surface area (Å²) in [4.78, 5) is 0. The zero-order valence-electron chi connectivity index (χ0n) is 18.3. The second-order valence-electron chi connectivity index (χ2n) is 8.85. The zero-order valence-corrected chi connectivity index (χ0v) is 18.3. The first-order valence-electron chi connectivity index (χ1n) is 10.2. The number of nitrogens with one attached hydrogen (secondary N) is 1. The SMILES string of the molecule is COc1ccc(OC)c2c1C1OC2c2c1c(OC)c(NC(C)(C)C)c1ccccc21. The van der Waals surface area contributed by atoms with Crippen LogP contribution in [0.25, 0.3) is 10.8 Å². The number of rotatable bonds is 4. The molecule has 5 rings (SSSR count). The largest absolute Gasteiger partial charge is 0.496 e. The summed E-state index contributed by atoms with van der Waals surface area (Å²) >= 11 is 0. The smallest absolute Gasteiger partial charge is 0.149 e.